The molecular weight excluding hydrogens is 362 g/mol. The third-order valence-electron chi connectivity index (χ3n) is 5.02. The van der Waals surface area contributed by atoms with Gasteiger partial charge in [-0.15, -0.1) is 0 Å². The maximum atomic E-state index is 12.0. The number of hydrogen-bond acceptors (Lipinski definition) is 5. The van der Waals surface area contributed by atoms with E-state index in [2.05, 4.69) is 34.0 Å². The molecule has 2 aromatic carbocycles. The largest absolute Gasteiger partial charge is 0.366 e. The Morgan fingerprint density at radius 2 is 1.66 bits per heavy atom. The molecule has 0 spiro atoms. The van der Waals surface area contributed by atoms with Gasteiger partial charge >= 0.3 is 0 Å². The van der Waals surface area contributed by atoms with E-state index in [9.17, 15) is 4.79 Å². The molecule has 0 radical (unpaired) electrons. The number of primary amides is 1. The van der Waals surface area contributed by atoms with Gasteiger partial charge in [0.05, 0.1) is 0 Å². The van der Waals surface area contributed by atoms with Gasteiger partial charge in [-0.1, -0.05) is 50.2 Å². The van der Waals surface area contributed by atoms with Gasteiger partial charge in [0.25, 0.3) is 0 Å². The highest BCUT2D eigenvalue weighted by atomic mass is 16.1. The Kier molecular flexibility index (Phi) is 6.92. The second kappa shape index (κ2) is 9.80. The summed E-state index contributed by atoms with van der Waals surface area (Å²) in [7, 11) is 0. The first kappa shape index (κ1) is 20.5. The molecule has 0 aliphatic carbocycles. The number of amides is 1. The van der Waals surface area contributed by atoms with Crippen molar-refractivity contribution in [1.29, 1.82) is 0 Å². The van der Waals surface area contributed by atoms with Crippen molar-refractivity contribution >= 4 is 17.5 Å². The fourth-order valence-corrected chi connectivity index (χ4v) is 3.31. The maximum absolute atomic E-state index is 12.0. The molecule has 0 unspecified atom stereocenters. The van der Waals surface area contributed by atoms with Crippen LogP contribution < -0.4 is 11.1 Å². The van der Waals surface area contributed by atoms with Crippen molar-refractivity contribution in [2.45, 2.75) is 20.3 Å². The highest BCUT2D eigenvalue weighted by Gasteiger charge is 2.14. The third-order valence-corrected chi connectivity index (χ3v) is 5.02. The van der Waals surface area contributed by atoms with Crippen LogP contribution in [0.3, 0.4) is 0 Å². The highest BCUT2D eigenvalue weighted by molar-refractivity contribution is 5.96. The molecular formula is C23H27N5O. The summed E-state index contributed by atoms with van der Waals surface area (Å²) in [5.74, 6) is 0.0546. The van der Waals surface area contributed by atoms with Crippen LogP contribution in [0.2, 0.25) is 0 Å². The Morgan fingerprint density at radius 1 is 0.966 bits per heavy atom. The number of benzene rings is 2. The highest BCUT2D eigenvalue weighted by Crippen LogP contribution is 2.24. The van der Waals surface area contributed by atoms with Crippen LogP contribution in [0.5, 0.6) is 0 Å². The molecule has 0 bridgehead atoms. The maximum Gasteiger partial charge on any atom is 0.249 e. The normalized spacial score (nSPS) is 10.9. The standard InChI is InChI=1S/C23H27N5O/c1-3-28(4-2)14-13-19-20(22(24)29)11-8-12-21(19)27-23-25-15-18(16-26-23)17-9-6-5-7-10-17/h5-12,15-16H,3-4,13-14H2,1-2H3,(H2,24,29)(H,25,26,27). The van der Waals surface area contributed by atoms with Crippen LogP contribution in [0, 0.1) is 0 Å². The molecule has 1 aromatic heterocycles. The van der Waals surface area contributed by atoms with Crippen LogP contribution in [0.25, 0.3) is 11.1 Å². The first-order chi connectivity index (χ1) is 14.1. The van der Waals surface area contributed by atoms with Crippen molar-refractivity contribution < 1.29 is 4.79 Å². The predicted molar refractivity (Wildman–Crippen MR) is 117 cm³/mol. The quantitative estimate of drug-likeness (QED) is 0.580. The van der Waals surface area contributed by atoms with Gasteiger partial charge in [0.15, 0.2) is 0 Å². The first-order valence-electron chi connectivity index (χ1n) is 9.90. The number of hydrogen-bond donors (Lipinski definition) is 2. The van der Waals surface area contributed by atoms with Gasteiger partial charge in [0.1, 0.15) is 0 Å². The van der Waals surface area contributed by atoms with Gasteiger partial charge in [-0.05, 0) is 42.8 Å². The monoisotopic (exact) mass is 389 g/mol. The lowest BCUT2D eigenvalue weighted by Gasteiger charge is -2.20. The molecule has 6 nitrogen and oxygen atoms in total. The number of carbonyl (C=O) groups is 1. The first-order valence-corrected chi connectivity index (χ1v) is 9.90. The van der Waals surface area contributed by atoms with E-state index < -0.39 is 5.91 Å². The molecule has 0 fully saturated rings. The number of likely N-dealkylation sites (N-methyl/N-ethyl adjacent to an activating group) is 1. The minimum absolute atomic E-state index is 0.427. The van der Waals surface area contributed by atoms with Crippen molar-refractivity contribution in [2.24, 2.45) is 5.73 Å². The van der Waals surface area contributed by atoms with E-state index in [0.29, 0.717) is 17.9 Å². The van der Waals surface area contributed by atoms with Crippen molar-refractivity contribution in [3.8, 4) is 11.1 Å². The zero-order valence-corrected chi connectivity index (χ0v) is 16.9. The van der Waals surface area contributed by atoms with Crippen LogP contribution in [-0.2, 0) is 6.42 Å². The number of anilines is 2. The van der Waals surface area contributed by atoms with Crippen molar-refractivity contribution in [3.63, 3.8) is 0 Å². The van der Waals surface area contributed by atoms with E-state index in [1.54, 1.807) is 18.5 Å². The van der Waals surface area contributed by atoms with Crippen molar-refractivity contribution in [2.75, 3.05) is 25.0 Å². The summed E-state index contributed by atoms with van der Waals surface area (Å²) in [6, 6.07) is 15.5. The minimum atomic E-state index is -0.427. The minimum Gasteiger partial charge on any atom is -0.366 e. The summed E-state index contributed by atoms with van der Waals surface area (Å²) in [5.41, 5.74) is 9.86. The van der Waals surface area contributed by atoms with Gasteiger partial charge in [0.2, 0.25) is 11.9 Å². The lowest BCUT2D eigenvalue weighted by Crippen LogP contribution is -2.26. The van der Waals surface area contributed by atoms with E-state index in [1.807, 2.05) is 42.5 Å². The molecule has 1 heterocycles. The van der Waals surface area contributed by atoms with Gasteiger partial charge in [-0.25, -0.2) is 9.97 Å². The summed E-state index contributed by atoms with van der Waals surface area (Å²) in [5, 5.41) is 3.26. The van der Waals surface area contributed by atoms with E-state index in [4.69, 9.17) is 5.73 Å². The number of rotatable bonds is 9. The Bertz CT molecular complexity index is 937. The molecule has 3 N–H and O–H groups in total. The number of nitrogens with one attached hydrogen (secondary N) is 1. The topological polar surface area (TPSA) is 84.1 Å². The lowest BCUT2D eigenvalue weighted by atomic mass is 10.0. The molecule has 150 valence electrons. The second-order valence-electron chi connectivity index (χ2n) is 6.76. The number of nitrogens with two attached hydrogens (primary N) is 1. The summed E-state index contributed by atoms with van der Waals surface area (Å²) in [6.07, 6.45) is 4.29. The fourth-order valence-electron chi connectivity index (χ4n) is 3.31. The summed E-state index contributed by atoms with van der Waals surface area (Å²) in [4.78, 5) is 23.2. The lowest BCUT2D eigenvalue weighted by molar-refractivity contribution is 0.0999. The number of nitrogens with zero attached hydrogens (tertiary/aromatic N) is 3. The molecule has 0 aliphatic heterocycles. The Morgan fingerprint density at radius 3 is 2.28 bits per heavy atom. The van der Waals surface area contributed by atoms with Crippen molar-refractivity contribution in [3.05, 3.63) is 72.1 Å². The third kappa shape index (κ3) is 5.18. The van der Waals surface area contributed by atoms with Gasteiger partial charge in [-0.3, -0.25) is 4.79 Å². The summed E-state index contributed by atoms with van der Waals surface area (Å²) < 4.78 is 0. The molecule has 0 atom stereocenters. The Labute approximate surface area is 171 Å². The number of aromatic nitrogens is 2. The van der Waals surface area contributed by atoms with Gasteiger partial charge in [0, 0.05) is 35.8 Å². The predicted octanol–water partition coefficient (Wildman–Crippen LogP) is 3.87. The van der Waals surface area contributed by atoms with E-state index >= 15 is 0 Å². The van der Waals surface area contributed by atoms with Crippen LogP contribution in [-0.4, -0.2) is 40.4 Å². The zero-order valence-electron chi connectivity index (χ0n) is 16.9. The summed E-state index contributed by atoms with van der Waals surface area (Å²) in [6.45, 7) is 7.03. The smallest absolute Gasteiger partial charge is 0.249 e. The fraction of sp³-hybridized carbons (Fsp3) is 0.261. The number of carbonyl (C=O) groups excluding carboxylic acids is 1. The van der Waals surface area contributed by atoms with Gasteiger partial charge < -0.3 is 16.0 Å². The average Bonchev–Trinajstić information content (AvgIpc) is 2.76. The molecule has 29 heavy (non-hydrogen) atoms. The van der Waals surface area contributed by atoms with Gasteiger partial charge in [-0.2, -0.15) is 0 Å². The Hall–Kier alpha value is -3.25. The Balaban J connectivity index is 1.84. The van der Waals surface area contributed by atoms with Crippen LogP contribution >= 0.6 is 0 Å². The summed E-state index contributed by atoms with van der Waals surface area (Å²) >= 11 is 0. The SMILES string of the molecule is CCN(CC)CCc1c(Nc2ncc(-c3ccccc3)cn2)cccc1C(N)=O. The molecule has 0 aliphatic rings. The zero-order chi connectivity index (χ0) is 20.6. The molecule has 0 saturated heterocycles. The molecule has 3 rings (SSSR count). The molecule has 3 aromatic rings. The van der Waals surface area contributed by atoms with E-state index in [-0.39, 0.29) is 0 Å². The van der Waals surface area contributed by atoms with Crippen LogP contribution in [0.4, 0.5) is 11.6 Å². The van der Waals surface area contributed by atoms with E-state index in [0.717, 1.165) is 42.0 Å². The molecule has 6 heteroatoms. The second-order valence-corrected chi connectivity index (χ2v) is 6.76. The molecule has 1 amide bonds. The van der Waals surface area contributed by atoms with Crippen molar-refractivity contribution in [1.82, 2.24) is 14.9 Å². The van der Waals surface area contributed by atoms with Crippen LogP contribution in [0.15, 0.2) is 60.9 Å². The molecule has 0 saturated carbocycles. The van der Waals surface area contributed by atoms with E-state index in [1.165, 1.54) is 0 Å². The van der Waals surface area contributed by atoms with Crippen LogP contribution in [0.1, 0.15) is 29.8 Å². The average molecular weight is 390 g/mol.